The van der Waals surface area contributed by atoms with Gasteiger partial charge in [-0.3, -0.25) is 4.79 Å². The minimum Gasteiger partial charge on any atom is -0.455 e. The fourth-order valence-electron chi connectivity index (χ4n) is 2.18. The standard InChI is InChI=1S/C15H12F2N2O2/c16-10-3-2-9(6-11(10)17)21-14-5-8-1-4-15(20)19-13(8)7-12(14)18/h2-3,5-7H,1,4,18H2,(H,19,20). The summed E-state index contributed by atoms with van der Waals surface area (Å²) in [5.74, 6) is -1.49. The topological polar surface area (TPSA) is 64.3 Å². The molecule has 2 aromatic rings. The number of fused-ring (bicyclic) bond motifs is 1. The van der Waals surface area contributed by atoms with Crippen LogP contribution in [0.1, 0.15) is 12.0 Å². The van der Waals surface area contributed by atoms with Crippen LogP contribution in [0.15, 0.2) is 30.3 Å². The highest BCUT2D eigenvalue weighted by atomic mass is 19.2. The van der Waals surface area contributed by atoms with Gasteiger partial charge in [0.05, 0.1) is 5.69 Å². The maximum atomic E-state index is 13.2. The summed E-state index contributed by atoms with van der Waals surface area (Å²) in [6.07, 6.45) is 0.969. The lowest BCUT2D eigenvalue weighted by Crippen LogP contribution is -2.19. The predicted octanol–water partition coefficient (Wildman–Crippen LogP) is 3.22. The lowest BCUT2D eigenvalue weighted by atomic mass is 10.0. The number of amides is 1. The second-order valence-corrected chi connectivity index (χ2v) is 4.77. The SMILES string of the molecule is Nc1cc2c(cc1Oc1ccc(F)c(F)c1)CCC(=O)N2. The lowest BCUT2D eigenvalue weighted by molar-refractivity contribution is -0.116. The van der Waals surface area contributed by atoms with Crippen LogP contribution in [-0.2, 0) is 11.2 Å². The minimum absolute atomic E-state index is 0.0591. The van der Waals surface area contributed by atoms with Crippen molar-refractivity contribution in [1.29, 1.82) is 0 Å². The number of carbonyl (C=O) groups is 1. The van der Waals surface area contributed by atoms with Crippen molar-refractivity contribution in [2.24, 2.45) is 0 Å². The zero-order valence-corrected chi connectivity index (χ0v) is 11.0. The first kappa shape index (κ1) is 13.4. The van der Waals surface area contributed by atoms with E-state index in [4.69, 9.17) is 10.5 Å². The number of ether oxygens (including phenoxy) is 1. The Hall–Kier alpha value is -2.63. The smallest absolute Gasteiger partial charge is 0.224 e. The van der Waals surface area contributed by atoms with Gasteiger partial charge >= 0.3 is 0 Å². The number of carbonyl (C=O) groups excluding carboxylic acids is 1. The van der Waals surface area contributed by atoms with Gasteiger partial charge in [-0.1, -0.05) is 0 Å². The van der Waals surface area contributed by atoms with E-state index in [0.717, 1.165) is 17.7 Å². The van der Waals surface area contributed by atoms with E-state index in [1.807, 2.05) is 0 Å². The first-order valence-electron chi connectivity index (χ1n) is 6.38. The van der Waals surface area contributed by atoms with Crippen LogP contribution < -0.4 is 15.8 Å². The summed E-state index contributed by atoms with van der Waals surface area (Å²) in [7, 11) is 0. The van der Waals surface area contributed by atoms with E-state index in [1.165, 1.54) is 6.07 Å². The molecule has 1 heterocycles. The Morgan fingerprint density at radius 2 is 1.90 bits per heavy atom. The molecule has 0 bridgehead atoms. The number of hydrogen-bond acceptors (Lipinski definition) is 3. The summed E-state index contributed by atoms with van der Waals surface area (Å²) in [6.45, 7) is 0. The Balaban J connectivity index is 1.92. The average Bonchev–Trinajstić information content (AvgIpc) is 2.44. The van der Waals surface area contributed by atoms with Gasteiger partial charge in [-0.15, -0.1) is 0 Å². The number of aryl methyl sites for hydroxylation is 1. The van der Waals surface area contributed by atoms with Crippen molar-refractivity contribution >= 4 is 17.3 Å². The first-order valence-corrected chi connectivity index (χ1v) is 6.38. The van der Waals surface area contributed by atoms with Crippen LogP contribution in [0, 0.1) is 11.6 Å². The normalized spacial score (nSPS) is 13.5. The summed E-state index contributed by atoms with van der Waals surface area (Å²) >= 11 is 0. The summed E-state index contributed by atoms with van der Waals surface area (Å²) in [5, 5.41) is 2.72. The minimum atomic E-state index is -0.990. The second kappa shape index (κ2) is 5.05. The second-order valence-electron chi connectivity index (χ2n) is 4.77. The maximum absolute atomic E-state index is 13.2. The van der Waals surface area contributed by atoms with Crippen molar-refractivity contribution in [3.05, 3.63) is 47.5 Å². The van der Waals surface area contributed by atoms with Crippen molar-refractivity contribution < 1.29 is 18.3 Å². The van der Waals surface area contributed by atoms with Crippen LogP contribution in [0.4, 0.5) is 20.2 Å². The third-order valence-corrected chi connectivity index (χ3v) is 3.25. The summed E-state index contributed by atoms with van der Waals surface area (Å²) in [4.78, 5) is 11.3. The number of nitrogens with one attached hydrogen (secondary N) is 1. The third kappa shape index (κ3) is 2.65. The Labute approximate surface area is 119 Å². The van der Waals surface area contributed by atoms with Crippen molar-refractivity contribution in [3.63, 3.8) is 0 Å². The maximum Gasteiger partial charge on any atom is 0.224 e. The van der Waals surface area contributed by atoms with Crippen LogP contribution in [0.2, 0.25) is 0 Å². The Kier molecular flexibility index (Phi) is 3.21. The van der Waals surface area contributed by atoms with Gasteiger partial charge in [0, 0.05) is 18.2 Å². The highest BCUT2D eigenvalue weighted by molar-refractivity contribution is 5.94. The molecular weight excluding hydrogens is 278 g/mol. The van der Waals surface area contributed by atoms with Gasteiger partial charge in [0.15, 0.2) is 17.4 Å². The molecule has 0 aromatic heterocycles. The number of anilines is 2. The molecule has 2 aromatic carbocycles. The summed E-state index contributed by atoms with van der Waals surface area (Å²) < 4.78 is 31.5. The first-order chi connectivity index (χ1) is 10.0. The Morgan fingerprint density at radius 1 is 1.10 bits per heavy atom. The zero-order valence-electron chi connectivity index (χ0n) is 11.0. The van der Waals surface area contributed by atoms with Crippen LogP contribution >= 0.6 is 0 Å². The van der Waals surface area contributed by atoms with E-state index in [2.05, 4.69) is 5.32 Å². The molecule has 0 radical (unpaired) electrons. The molecule has 3 rings (SSSR count). The molecule has 0 saturated heterocycles. The molecule has 0 spiro atoms. The fourth-order valence-corrected chi connectivity index (χ4v) is 2.18. The van der Waals surface area contributed by atoms with Crippen molar-refractivity contribution in [2.45, 2.75) is 12.8 Å². The molecule has 21 heavy (non-hydrogen) atoms. The molecule has 0 unspecified atom stereocenters. The molecule has 6 heteroatoms. The highest BCUT2D eigenvalue weighted by Crippen LogP contribution is 2.35. The number of halogens is 2. The summed E-state index contributed by atoms with van der Waals surface area (Å²) in [5.41, 5.74) is 7.71. The molecule has 1 aliphatic heterocycles. The van der Waals surface area contributed by atoms with Crippen LogP contribution in [0.3, 0.4) is 0 Å². The molecular formula is C15H12F2N2O2. The summed E-state index contributed by atoms with van der Waals surface area (Å²) in [6, 6.07) is 6.56. The van der Waals surface area contributed by atoms with Crippen molar-refractivity contribution in [1.82, 2.24) is 0 Å². The third-order valence-electron chi connectivity index (χ3n) is 3.25. The molecule has 0 fully saturated rings. The number of hydrogen-bond donors (Lipinski definition) is 2. The van der Waals surface area contributed by atoms with E-state index < -0.39 is 11.6 Å². The molecule has 0 saturated carbocycles. The molecule has 3 N–H and O–H groups in total. The number of nitrogens with two attached hydrogens (primary N) is 1. The van der Waals surface area contributed by atoms with E-state index in [0.29, 0.717) is 30.0 Å². The Bertz CT molecular complexity index is 732. The molecule has 1 amide bonds. The van der Waals surface area contributed by atoms with Gasteiger partial charge in [-0.05, 0) is 36.2 Å². The lowest BCUT2D eigenvalue weighted by Gasteiger charge is -2.19. The average molecular weight is 290 g/mol. The van der Waals surface area contributed by atoms with Gasteiger partial charge in [-0.2, -0.15) is 0 Å². The number of nitrogen functional groups attached to an aromatic ring is 1. The molecule has 0 atom stereocenters. The van der Waals surface area contributed by atoms with Gasteiger partial charge in [0.2, 0.25) is 5.91 Å². The molecule has 1 aliphatic rings. The van der Waals surface area contributed by atoms with Crippen LogP contribution in [0.25, 0.3) is 0 Å². The van der Waals surface area contributed by atoms with Gasteiger partial charge in [-0.25, -0.2) is 8.78 Å². The van der Waals surface area contributed by atoms with Gasteiger partial charge in [0.25, 0.3) is 0 Å². The van der Waals surface area contributed by atoms with Gasteiger partial charge in [0.1, 0.15) is 5.75 Å². The molecule has 0 aliphatic carbocycles. The highest BCUT2D eigenvalue weighted by Gasteiger charge is 2.17. The monoisotopic (exact) mass is 290 g/mol. The van der Waals surface area contributed by atoms with Crippen LogP contribution in [0.5, 0.6) is 11.5 Å². The van der Waals surface area contributed by atoms with E-state index in [-0.39, 0.29) is 11.7 Å². The zero-order chi connectivity index (χ0) is 15.0. The van der Waals surface area contributed by atoms with Gasteiger partial charge < -0.3 is 15.8 Å². The predicted molar refractivity (Wildman–Crippen MR) is 74.2 cm³/mol. The molecule has 4 nitrogen and oxygen atoms in total. The fraction of sp³-hybridized carbons (Fsp3) is 0.133. The van der Waals surface area contributed by atoms with Crippen molar-refractivity contribution in [3.8, 4) is 11.5 Å². The van der Waals surface area contributed by atoms with E-state index in [1.54, 1.807) is 12.1 Å². The number of rotatable bonds is 2. The quantitative estimate of drug-likeness (QED) is 0.835. The Morgan fingerprint density at radius 3 is 2.67 bits per heavy atom. The molecule has 108 valence electrons. The van der Waals surface area contributed by atoms with Crippen molar-refractivity contribution in [2.75, 3.05) is 11.1 Å². The van der Waals surface area contributed by atoms with E-state index in [9.17, 15) is 13.6 Å². The largest absolute Gasteiger partial charge is 0.455 e. The number of benzene rings is 2. The van der Waals surface area contributed by atoms with Crippen LogP contribution in [-0.4, -0.2) is 5.91 Å². The van der Waals surface area contributed by atoms with E-state index >= 15 is 0 Å².